The number of furan rings is 1. The summed E-state index contributed by atoms with van der Waals surface area (Å²) in [4.78, 5) is 29.4. The summed E-state index contributed by atoms with van der Waals surface area (Å²) in [5, 5.41) is 3.55. The SMILES string of the molecule is Cc1ccc(-c2cc(C(=O)OCC(=O)N[C@H](C)C3CC3)c3ccccc3n2)o1. The van der Waals surface area contributed by atoms with E-state index in [0.717, 1.165) is 18.6 Å². The Morgan fingerprint density at radius 3 is 2.75 bits per heavy atom. The molecular weight excluding hydrogens is 356 g/mol. The number of carbonyl (C=O) groups excluding carboxylic acids is 2. The van der Waals surface area contributed by atoms with E-state index < -0.39 is 5.97 Å². The molecule has 1 fully saturated rings. The Balaban J connectivity index is 1.56. The molecule has 6 nitrogen and oxygen atoms in total. The van der Waals surface area contributed by atoms with Crippen LogP contribution in [0.4, 0.5) is 0 Å². The van der Waals surface area contributed by atoms with Crippen molar-refractivity contribution in [1.29, 1.82) is 0 Å². The van der Waals surface area contributed by atoms with Crippen molar-refractivity contribution in [3.63, 3.8) is 0 Å². The van der Waals surface area contributed by atoms with Crippen molar-refractivity contribution in [3.05, 3.63) is 53.8 Å². The van der Waals surface area contributed by atoms with E-state index in [2.05, 4.69) is 10.3 Å². The van der Waals surface area contributed by atoms with Gasteiger partial charge in [-0.15, -0.1) is 0 Å². The van der Waals surface area contributed by atoms with Crippen LogP contribution in [0, 0.1) is 12.8 Å². The summed E-state index contributed by atoms with van der Waals surface area (Å²) in [6, 6.07) is 12.7. The van der Waals surface area contributed by atoms with Crippen LogP contribution in [0.5, 0.6) is 0 Å². The van der Waals surface area contributed by atoms with Crippen LogP contribution >= 0.6 is 0 Å². The predicted octanol–water partition coefficient (Wildman–Crippen LogP) is 3.87. The first-order valence-electron chi connectivity index (χ1n) is 9.44. The molecule has 2 aromatic heterocycles. The number of fused-ring (bicyclic) bond motifs is 1. The van der Waals surface area contributed by atoms with Crippen molar-refractivity contribution in [2.75, 3.05) is 6.61 Å². The number of hydrogen-bond acceptors (Lipinski definition) is 5. The molecule has 0 bridgehead atoms. The van der Waals surface area contributed by atoms with Crippen LogP contribution in [0.1, 0.15) is 35.9 Å². The van der Waals surface area contributed by atoms with Crippen LogP contribution in [0.2, 0.25) is 0 Å². The molecule has 1 aliphatic rings. The van der Waals surface area contributed by atoms with Gasteiger partial charge in [0.1, 0.15) is 11.5 Å². The lowest BCUT2D eigenvalue weighted by atomic mass is 10.1. The van der Waals surface area contributed by atoms with Crippen molar-refractivity contribution in [2.24, 2.45) is 5.92 Å². The molecule has 1 N–H and O–H groups in total. The molecular formula is C22H22N2O4. The maximum Gasteiger partial charge on any atom is 0.339 e. The zero-order valence-corrected chi connectivity index (χ0v) is 15.9. The standard InChI is InChI=1S/C22H22N2O4/c1-13-7-10-20(28-13)19-11-17(16-5-3-4-6-18(16)24-19)22(26)27-12-21(25)23-14(2)15-8-9-15/h3-7,10-11,14-15H,8-9,12H2,1-2H3,(H,23,25)/t14-/m1/s1. The first-order valence-corrected chi connectivity index (χ1v) is 9.44. The van der Waals surface area contributed by atoms with Gasteiger partial charge in [-0.2, -0.15) is 0 Å². The highest BCUT2D eigenvalue weighted by molar-refractivity contribution is 6.05. The van der Waals surface area contributed by atoms with E-state index in [1.807, 2.05) is 50.2 Å². The highest BCUT2D eigenvalue weighted by Gasteiger charge is 2.29. The molecule has 6 heteroatoms. The van der Waals surface area contributed by atoms with Crippen LogP contribution in [0.25, 0.3) is 22.4 Å². The van der Waals surface area contributed by atoms with Crippen LogP contribution in [0.15, 0.2) is 46.9 Å². The Hall–Kier alpha value is -3.15. The normalized spacial score (nSPS) is 14.6. The first-order chi connectivity index (χ1) is 13.5. The van der Waals surface area contributed by atoms with Crippen LogP contribution in [-0.2, 0) is 9.53 Å². The summed E-state index contributed by atoms with van der Waals surface area (Å²) in [6.07, 6.45) is 2.28. The number of pyridine rings is 1. The molecule has 3 aromatic rings. The number of aryl methyl sites for hydroxylation is 1. The Bertz CT molecular complexity index is 1040. The Morgan fingerprint density at radius 2 is 2.04 bits per heavy atom. The average Bonchev–Trinajstić information content (AvgIpc) is 3.46. The molecule has 1 saturated carbocycles. The van der Waals surface area contributed by atoms with E-state index in [4.69, 9.17) is 9.15 Å². The summed E-state index contributed by atoms with van der Waals surface area (Å²) in [6.45, 7) is 3.52. The quantitative estimate of drug-likeness (QED) is 0.659. The van der Waals surface area contributed by atoms with E-state index in [1.54, 1.807) is 6.07 Å². The molecule has 0 radical (unpaired) electrons. The molecule has 4 rings (SSSR count). The van der Waals surface area contributed by atoms with Crippen molar-refractivity contribution in [3.8, 4) is 11.5 Å². The summed E-state index contributed by atoms with van der Waals surface area (Å²) >= 11 is 0. The number of amides is 1. The summed E-state index contributed by atoms with van der Waals surface area (Å²) in [7, 11) is 0. The van der Waals surface area contributed by atoms with Crippen molar-refractivity contribution < 1.29 is 18.7 Å². The fourth-order valence-corrected chi connectivity index (χ4v) is 3.26. The number of ether oxygens (including phenoxy) is 1. The molecule has 144 valence electrons. The van der Waals surface area contributed by atoms with Crippen molar-refractivity contribution in [1.82, 2.24) is 10.3 Å². The van der Waals surface area contributed by atoms with E-state index in [-0.39, 0.29) is 18.6 Å². The molecule has 1 aliphatic carbocycles. The van der Waals surface area contributed by atoms with E-state index in [1.165, 1.54) is 0 Å². The van der Waals surface area contributed by atoms with Crippen molar-refractivity contribution >= 4 is 22.8 Å². The largest absolute Gasteiger partial charge is 0.460 e. The van der Waals surface area contributed by atoms with Gasteiger partial charge in [0.2, 0.25) is 0 Å². The fraction of sp³-hybridized carbons (Fsp3) is 0.318. The smallest absolute Gasteiger partial charge is 0.339 e. The molecule has 2 heterocycles. The number of hydrogen-bond donors (Lipinski definition) is 1. The Morgan fingerprint density at radius 1 is 1.25 bits per heavy atom. The van der Waals surface area contributed by atoms with Crippen LogP contribution < -0.4 is 5.32 Å². The molecule has 1 amide bonds. The third-order valence-electron chi connectivity index (χ3n) is 4.98. The number of nitrogens with zero attached hydrogens (tertiary/aromatic N) is 1. The van der Waals surface area contributed by atoms with Gasteiger partial charge in [-0.05, 0) is 56.9 Å². The van der Waals surface area contributed by atoms with E-state index in [9.17, 15) is 9.59 Å². The molecule has 0 spiro atoms. The lowest BCUT2D eigenvalue weighted by Crippen LogP contribution is -2.37. The average molecular weight is 378 g/mol. The number of carbonyl (C=O) groups is 2. The van der Waals surface area contributed by atoms with E-state index >= 15 is 0 Å². The van der Waals surface area contributed by atoms with Gasteiger partial charge >= 0.3 is 5.97 Å². The third kappa shape index (κ3) is 3.91. The van der Waals surface area contributed by atoms with Crippen molar-refractivity contribution in [2.45, 2.75) is 32.7 Å². The highest BCUT2D eigenvalue weighted by Crippen LogP contribution is 2.32. The van der Waals surface area contributed by atoms with Gasteiger partial charge in [0.05, 0.1) is 11.1 Å². The fourth-order valence-electron chi connectivity index (χ4n) is 3.26. The molecule has 28 heavy (non-hydrogen) atoms. The van der Waals surface area contributed by atoms with E-state index in [0.29, 0.717) is 33.8 Å². The van der Waals surface area contributed by atoms with Gasteiger partial charge in [-0.1, -0.05) is 18.2 Å². The summed E-state index contributed by atoms with van der Waals surface area (Å²) in [5.74, 6) is 1.04. The minimum absolute atomic E-state index is 0.113. The van der Waals surface area contributed by atoms with Gasteiger partial charge in [-0.25, -0.2) is 9.78 Å². The zero-order valence-electron chi connectivity index (χ0n) is 15.9. The van der Waals surface area contributed by atoms with Gasteiger partial charge < -0.3 is 14.5 Å². The number of benzene rings is 1. The predicted molar refractivity (Wildman–Crippen MR) is 105 cm³/mol. The Labute approximate surface area is 162 Å². The summed E-state index contributed by atoms with van der Waals surface area (Å²) < 4.78 is 10.9. The Kier molecular flexibility index (Phi) is 4.86. The van der Waals surface area contributed by atoms with Gasteiger partial charge in [0, 0.05) is 11.4 Å². The monoisotopic (exact) mass is 378 g/mol. The molecule has 1 aromatic carbocycles. The number of rotatable bonds is 6. The van der Waals surface area contributed by atoms with Crippen LogP contribution in [0.3, 0.4) is 0 Å². The number of esters is 1. The molecule has 0 saturated heterocycles. The number of para-hydroxylation sites is 1. The first kappa shape index (κ1) is 18.2. The lowest BCUT2D eigenvalue weighted by Gasteiger charge is -2.13. The molecule has 0 aliphatic heterocycles. The molecule has 0 unspecified atom stereocenters. The zero-order chi connectivity index (χ0) is 19.7. The second-order valence-corrected chi connectivity index (χ2v) is 7.25. The minimum Gasteiger partial charge on any atom is -0.460 e. The highest BCUT2D eigenvalue weighted by atomic mass is 16.5. The topological polar surface area (TPSA) is 81.4 Å². The van der Waals surface area contributed by atoms with Crippen LogP contribution in [-0.4, -0.2) is 29.5 Å². The molecule has 1 atom stereocenters. The number of nitrogens with one attached hydrogen (secondary N) is 1. The second kappa shape index (κ2) is 7.46. The lowest BCUT2D eigenvalue weighted by molar-refractivity contribution is -0.124. The van der Waals surface area contributed by atoms with Gasteiger partial charge in [-0.3, -0.25) is 4.79 Å². The maximum atomic E-state index is 12.7. The number of aromatic nitrogens is 1. The summed E-state index contributed by atoms with van der Waals surface area (Å²) in [5.41, 5.74) is 1.57. The second-order valence-electron chi connectivity index (χ2n) is 7.25. The third-order valence-corrected chi connectivity index (χ3v) is 4.98. The maximum absolute atomic E-state index is 12.7. The van der Waals surface area contributed by atoms with Gasteiger partial charge in [0.15, 0.2) is 12.4 Å². The van der Waals surface area contributed by atoms with Gasteiger partial charge in [0.25, 0.3) is 5.91 Å². The minimum atomic E-state index is -0.558.